The number of benzene rings is 2. The van der Waals surface area contributed by atoms with E-state index in [1.165, 1.54) is 12.1 Å². The summed E-state index contributed by atoms with van der Waals surface area (Å²) in [5.74, 6) is -2.72. The number of nitrogens with zero attached hydrogens (tertiary/aromatic N) is 1. The molecule has 2 aromatic carbocycles. The molecule has 0 heterocycles. The third-order valence-corrected chi connectivity index (χ3v) is 2.42. The van der Waals surface area contributed by atoms with Gasteiger partial charge in [-0.25, -0.2) is 8.78 Å². The normalized spacial score (nSPS) is 10.1. The van der Waals surface area contributed by atoms with Crippen LogP contribution in [0.2, 0.25) is 0 Å². The van der Waals surface area contributed by atoms with Crippen LogP contribution in [0.1, 0.15) is 10.4 Å². The maximum absolute atomic E-state index is 13.6. The Labute approximate surface area is 111 Å². The van der Waals surface area contributed by atoms with Crippen LogP contribution in [-0.4, -0.2) is 11.2 Å². The summed E-state index contributed by atoms with van der Waals surface area (Å²) < 4.78 is 32.1. The summed E-state index contributed by atoms with van der Waals surface area (Å²) in [5, 5.41) is 10.5. The fraction of sp³-hybridized carbons (Fsp3) is 0. The first kappa shape index (κ1) is 13.6. The number of halogens is 2. The molecule has 0 N–H and O–H groups in total. The minimum Gasteiger partial charge on any atom is -0.451 e. The lowest BCUT2D eigenvalue weighted by Crippen LogP contribution is -1.95. The molecule has 0 spiro atoms. The van der Waals surface area contributed by atoms with E-state index in [4.69, 9.17) is 4.74 Å². The lowest BCUT2D eigenvalue weighted by molar-refractivity contribution is -0.384. The molecular weight excluding hydrogens is 272 g/mol. The molecule has 0 aliphatic heterocycles. The van der Waals surface area contributed by atoms with Crippen molar-refractivity contribution in [1.82, 2.24) is 0 Å². The first-order chi connectivity index (χ1) is 9.51. The number of carbonyl (C=O) groups excluding carboxylic acids is 1. The minimum absolute atomic E-state index is 0.0345. The highest BCUT2D eigenvalue weighted by Crippen LogP contribution is 2.29. The molecule has 0 aliphatic rings. The summed E-state index contributed by atoms with van der Waals surface area (Å²) in [7, 11) is 0. The Morgan fingerprint density at radius 1 is 1.10 bits per heavy atom. The number of non-ortho nitro benzene ring substituents is 1. The molecule has 0 saturated heterocycles. The van der Waals surface area contributed by atoms with Gasteiger partial charge >= 0.3 is 0 Å². The lowest BCUT2D eigenvalue weighted by atomic mass is 10.2. The maximum Gasteiger partial charge on any atom is 0.269 e. The molecule has 20 heavy (non-hydrogen) atoms. The summed E-state index contributed by atoms with van der Waals surface area (Å²) in [5.41, 5.74) is -0.328. The largest absolute Gasteiger partial charge is 0.451 e. The highest BCUT2D eigenvalue weighted by molar-refractivity contribution is 5.75. The van der Waals surface area contributed by atoms with Gasteiger partial charge in [-0.15, -0.1) is 0 Å². The van der Waals surface area contributed by atoms with Crippen molar-refractivity contribution in [2.45, 2.75) is 0 Å². The second kappa shape index (κ2) is 5.43. The molecule has 0 amide bonds. The van der Waals surface area contributed by atoms with Crippen LogP contribution in [0.5, 0.6) is 11.5 Å². The minimum atomic E-state index is -1.04. The highest BCUT2D eigenvalue weighted by Gasteiger charge is 2.14. The molecule has 0 aromatic heterocycles. The number of ether oxygens (including phenoxy) is 1. The number of carbonyl (C=O) groups is 1. The van der Waals surface area contributed by atoms with E-state index in [2.05, 4.69) is 0 Å². The van der Waals surface area contributed by atoms with Gasteiger partial charge in [0.25, 0.3) is 5.69 Å². The SMILES string of the molecule is O=Cc1cc(F)c(Oc2ccc([N+](=O)[O-])cc2)c(F)c1. The summed E-state index contributed by atoms with van der Waals surface area (Å²) in [6.07, 6.45) is 0.307. The van der Waals surface area contributed by atoms with E-state index in [9.17, 15) is 23.7 Å². The number of nitro benzene ring substituents is 1. The number of hydrogen-bond acceptors (Lipinski definition) is 4. The van der Waals surface area contributed by atoms with E-state index in [0.29, 0.717) is 6.29 Å². The predicted octanol–water partition coefficient (Wildman–Crippen LogP) is 3.48. The monoisotopic (exact) mass is 279 g/mol. The molecule has 0 radical (unpaired) electrons. The molecular formula is C13H7F2NO4. The van der Waals surface area contributed by atoms with Gasteiger partial charge in [0, 0.05) is 17.7 Å². The molecule has 2 rings (SSSR count). The van der Waals surface area contributed by atoms with Crippen LogP contribution < -0.4 is 4.74 Å². The van der Waals surface area contributed by atoms with Crippen LogP contribution in [0.3, 0.4) is 0 Å². The molecule has 5 nitrogen and oxygen atoms in total. The smallest absolute Gasteiger partial charge is 0.269 e. The number of rotatable bonds is 4. The Morgan fingerprint density at radius 3 is 2.10 bits per heavy atom. The summed E-state index contributed by atoms with van der Waals surface area (Å²) in [6, 6.07) is 6.37. The van der Waals surface area contributed by atoms with Gasteiger partial charge in [0.1, 0.15) is 12.0 Å². The third-order valence-electron chi connectivity index (χ3n) is 2.42. The quantitative estimate of drug-likeness (QED) is 0.488. The Bertz CT molecular complexity index is 648. The van der Waals surface area contributed by atoms with Crippen LogP contribution >= 0.6 is 0 Å². The number of nitro groups is 1. The molecule has 0 bridgehead atoms. The van der Waals surface area contributed by atoms with Gasteiger partial charge in [0.15, 0.2) is 17.4 Å². The first-order valence-corrected chi connectivity index (χ1v) is 5.38. The Hall–Kier alpha value is -2.83. The molecule has 0 saturated carbocycles. The van der Waals surface area contributed by atoms with Gasteiger partial charge in [0.05, 0.1) is 4.92 Å². The fourth-order valence-electron chi connectivity index (χ4n) is 1.50. The standard InChI is InChI=1S/C13H7F2NO4/c14-11-5-8(7-17)6-12(15)13(11)20-10-3-1-9(2-4-10)16(18)19/h1-7H. The maximum atomic E-state index is 13.6. The third kappa shape index (κ3) is 2.77. The van der Waals surface area contributed by atoms with Gasteiger partial charge in [-0.2, -0.15) is 0 Å². The van der Waals surface area contributed by atoms with Gasteiger partial charge in [0.2, 0.25) is 0 Å². The van der Waals surface area contributed by atoms with Crippen molar-refractivity contribution in [3.8, 4) is 11.5 Å². The van der Waals surface area contributed by atoms with Crippen molar-refractivity contribution in [2.24, 2.45) is 0 Å². The highest BCUT2D eigenvalue weighted by atomic mass is 19.1. The Morgan fingerprint density at radius 2 is 1.65 bits per heavy atom. The topological polar surface area (TPSA) is 69.4 Å². The number of hydrogen-bond donors (Lipinski definition) is 0. The van der Waals surface area contributed by atoms with E-state index >= 15 is 0 Å². The van der Waals surface area contributed by atoms with E-state index in [1.807, 2.05) is 0 Å². The lowest BCUT2D eigenvalue weighted by Gasteiger charge is -2.08. The van der Waals surface area contributed by atoms with E-state index < -0.39 is 22.3 Å². The zero-order valence-corrected chi connectivity index (χ0v) is 9.88. The van der Waals surface area contributed by atoms with Crippen LogP contribution in [0.25, 0.3) is 0 Å². The van der Waals surface area contributed by atoms with Crippen molar-refractivity contribution in [1.29, 1.82) is 0 Å². The Kier molecular flexibility index (Phi) is 3.69. The average molecular weight is 279 g/mol. The first-order valence-electron chi connectivity index (χ1n) is 5.38. The molecule has 2 aromatic rings. The van der Waals surface area contributed by atoms with Crippen LogP contribution in [-0.2, 0) is 0 Å². The van der Waals surface area contributed by atoms with Crippen molar-refractivity contribution in [3.05, 3.63) is 63.7 Å². The van der Waals surface area contributed by atoms with Crippen molar-refractivity contribution < 1.29 is 23.2 Å². The van der Waals surface area contributed by atoms with E-state index in [-0.39, 0.29) is 17.0 Å². The Balaban J connectivity index is 2.30. The zero-order valence-electron chi connectivity index (χ0n) is 9.88. The van der Waals surface area contributed by atoms with Crippen molar-refractivity contribution in [3.63, 3.8) is 0 Å². The van der Waals surface area contributed by atoms with Crippen molar-refractivity contribution >= 4 is 12.0 Å². The van der Waals surface area contributed by atoms with Gasteiger partial charge in [-0.1, -0.05) is 0 Å². The van der Waals surface area contributed by atoms with Crippen LogP contribution in [0.4, 0.5) is 14.5 Å². The second-order valence-electron chi connectivity index (χ2n) is 3.78. The van der Waals surface area contributed by atoms with Gasteiger partial charge in [-0.05, 0) is 24.3 Å². The molecule has 0 unspecified atom stereocenters. The zero-order chi connectivity index (χ0) is 14.7. The second-order valence-corrected chi connectivity index (χ2v) is 3.78. The van der Waals surface area contributed by atoms with Gasteiger partial charge < -0.3 is 4.74 Å². The van der Waals surface area contributed by atoms with E-state index in [0.717, 1.165) is 24.3 Å². The summed E-state index contributed by atoms with van der Waals surface area (Å²) in [6.45, 7) is 0. The van der Waals surface area contributed by atoms with Crippen molar-refractivity contribution in [2.75, 3.05) is 0 Å². The predicted molar refractivity (Wildman–Crippen MR) is 64.9 cm³/mol. The molecule has 7 heteroatoms. The number of aldehydes is 1. The summed E-state index contributed by atoms with van der Waals surface area (Å²) >= 11 is 0. The van der Waals surface area contributed by atoms with Crippen LogP contribution in [0, 0.1) is 21.7 Å². The average Bonchev–Trinajstić information content (AvgIpc) is 2.43. The van der Waals surface area contributed by atoms with Gasteiger partial charge in [-0.3, -0.25) is 14.9 Å². The van der Waals surface area contributed by atoms with E-state index in [1.54, 1.807) is 0 Å². The molecule has 0 aliphatic carbocycles. The van der Waals surface area contributed by atoms with Crippen LogP contribution in [0.15, 0.2) is 36.4 Å². The summed E-state index contributed by atoms with van der Waals surface area (Å²) in [4.78, 5) is 20.3. The fourth-order valence-corrected chi connectivity index (χ4v) is 1.50. The molecule has 0 atom stereocenters. The molecule has 0 fully saturated rings. The molecule has 102 valence electrons.